The lowest BCUT2D eigenvalue weighted by Crippen LogP contribution is -2.42. The Morgan fingerprint density at radius 3 is 1.81 bits per heavy atom. The van der Waals surface area contributed by atoms with E-state index in [1.807, 2.05) is 0 Å². The van der Waals surface area contributed by atoms with Crippen molar-refractivity contribution in [2.24, 2.45) is 17.3 Å². The van der Waals surface area contributed by atoms with Crippen molar-refractivity contribution in [1.82, 2.24) is 5.32 Å². The molecule has 0 saturated heterocycles. The smallest absolute Gasteiger partial charge is 0.00698 e. The number of hydrogen-bond donors (Lipinski definition) is 1. The Labute approximate surface area is 102 Å². The van der Waals surface area contributed by atoms with Gasteiger partial charge in [0.25, 0.3) is 0 Å². The zero-order valence-corrected chi connectivity index (χ0v) is 12.1. The molecule has 0 aromatic carbocycles. The molecule has 1 unspecified atom stereocenters. The van der Waals surface area contributed by atoms with Gasteiger partial charge in [0.15, 0.2) is 0 Å². The molecular weight excluding hydrogens is 194 g/mol. The first-order chi connectivity index (χ1) is 7.30. The molecule has 1 rings (SSSR count). The fraction of sp³-hybridized carbons (Fsp3) is 1.00. The van der Waals surface area contributed by atoms with Crippen LogP contribution in [0.2, 0.25) is 0 Å². The first-order valence-corrected chi connectivity index (χ1v) is 7.06. The highest BCUT2D eigenvalue weighted by molar-refractivity contribution is 4.84. The summed E-state index contributed by atoms with van der Waals surface area (Å²) < 4.78 is 0. The van der Waals surface area contributed by atoms with E-state index in [9.17, 15) is 0 Å². The molecule has 1 fully saturated rings. The summed E-state index contributed by atoms with van der Waals surface area (Å²) in [7, 11) is 0. The topological polar surface area (TPSA) is 12.0 Å². The molecule has 16 heavy (non-hydrogen) atoms. The van der Waals surface area contributed by atoms with Crippen LogP contribution in [0.5, 0.6) is 0 Å². The van der Waals surface area contributed by atoms with Crippen molar-refractivity contribution in [1.29, 1.82) is 0 Å². The van der Waals surface area contributed by atoms with Crippen molar-refractivity contribution >= 4 is 0 Å². The van der Waals surface area contributed by atoms with E-state index in [2.05, 4.69) is 46.9 Å². The molecule has 1 aliphatic rings. The molecule has 0 spiro atoms. The molecule has 1 N–H and O–H groups in total. The third-order valence-electron chi connectivity index (χ3n) is 4.45. The average Bonchev–Trinajstić information content (AvgIpc) is 2.17. The van der Waals surface area contributed by atoms with Crippen LogP contribution >= 0.6 is 0 Å². The standard InChI is InChI=1S/C15H31N/c1-11(2)12(3)16-14-9-7-13(8-10-14)15(4,5)6/h11-14,16H,7-10H2,1-6H3. The van der Waals surface area contributed by atoms with Crippen LogP contribution in [0, 0.1) is 17.3 Å². The monoisotopic (exact) mass is 225 g/mol. The van der Waals surface area contributed by atoms with Crippen LogP contribution in [0.4, 0.5) is 0 Å². The maximum absolute atomic E-state index is 3.79. The minimum Gasteiger partial charge on any atom is -0.311 e. The summed E-state index contributed by atoms with van der Waals surface area (Å²) >= 11 is 0. The second kappa shape index (κ2) is 5.53. The normalized spacial score (nSPS) is 29.4. The van der Waals surface area contributed by atoms with E-state index in [4.69, 9.17) is 0 Å². The van der Waals surface area contributed by atoms with Crippen LogP contribution in [0.25, 0.3) is 0 Å². The first-order valence-electron chi connectivity index (χ1n) is 7.06. The maximum atomic E-state index is 3.79. The van der Waals surface area contributed by atoms with Gasteiger partial charge in [0.2, 0.25) is 0 Å². The summed E-state index contributed by atoms with van der Waals surface area (Å²) in [6.45, 7) is 14.1. The summed E-state index contributed by atoms with van der Waals surface area (Å²) in [6, 6.07) is 1.44. The second-order valence-electron chi connectivity index (χ2n) is 7.11. The molecular formula is C15H31N. The van der Waals surface area contributed by atoms with Crippen LogP contribution in [0.1, 0.15) is 67.2 Å². The van der Waals surface area contributed by atoms with Crippen molar-refractivity contribution < 1.29 is 0 Å². The second-order valence-corrected chi connectivity index (χ2v) is 7.11. The fourth-order valence-electron chi connectivity index (χ4n) is 2.69. The Morgan fingerprint density at radius 1 is 0.938 bits per heavy atom. The van der Waals surface area contributed by atoms with Gasteiger partial charge in [0.05, 0.1) is 0 Å². The zero-order chi connectivity index (χ0) is 12.3. The van der Waals surface area contributed by atoms with Crippen molar-refractivity contribution in [3.05, 3.63) is 0 Å². The van der Waals surface area contributed by atoms with Gasteiger partial charge in [-0.25, -0.2) is 0 Å². The van der Waals surface area contributed by atoms with E-state index in [1.165, 1.54) is 25.7 Å². The molecule has 0 aromatic heterocycles. The lowest BCUT2D eigenvalue weighted by atomic mass is 9.71. The molecule has 0 heterocycles. The third kappa shape index (κ3) is 4.08. The van der Waals surface area contributed by atoms with Gasteiger partial charge < -0.3 is 5.32 Å². The number of nitrogens with one attached hydrogen (secondary N) is 1. The van der Waals surface area contributed by atoms with E-state index in [0.717, 1.165) is 17.9 Å². The van der Waals surface area contributed by atoms with E-state index in [1.54, 1.807) is 0 Å². The maximum Gasteiger partial charge on any atom is 0.00698 e. The predicted octanol–water partition coefficient (Wildman–Crippen LogP) is 4.23. The molecule has 1 nitrogen and oxygen atoms in total. The lowest BCUT2D eigenvalue weighted by molar-refractivity contribution is 0.154. The van der Waals surface area contributed by atoms with Crippen LogP contribution < -0.4 is 5.32 Å². The first kappa shape index (κ1) is 14.0. The molecule has 1 atom stereocenters. The summed E-state index contributed by atoms with van der Waals surface area (Å²) in [4.78, 5) is 0. The van der Waals surface area contributed by atoms with E-state index in [-0.39, 0.29) is 0 Å². The SMILES string of the molecule is CC(C)C(C)NC1CCC(C(C)(C)C)CC1. The minimum atomic E-state index is 0.509. The molecule has 0 radical (unpaired) electrons. The van der Waals surface area contributed by atoms with Gasteiger partial charge in [0, 0.05) is 12.1 Å². The van der Waals surface area contributed by atoms with Crippen molar-refractivity contribution in [2.75, 3.05) is 0 Å². The highest BCUT2D eigenvalue weighted by Crippen LogP contribution is 2.37. The Hall–Kier alpha value is -0.0400. The molecule has 0 bridgehead atoms. The van der Waals surface area contributed by atoms with Gasteiger partial charge >= 0.3 is 0 Å². The molecule has 0 aromatic rings. The van der Waals surface area contributed by atoms with E-state index >= 15 is 0 Å². The molecule has 96 valence electrons. The molecule has 1 saturated carbocycles. The lowest BCUT2D eigenvalue weighted by Gasteiger charge is -2.38. The summed E-state index contributed by atoms with van der Waals surface area (Å²) in [5.41, 5.74) is 0.509. The van der Waals surface area contributed by atoms with E-state index in [0.29, 0.717) is 11.5 Å². The van der Waals surface area contributed by atoms with Crippen molar-refractivity contribution in [3.63, 3.8) is 0 Å². The van der Waals surface area contributed by atoms with Gasteiger partial charge in [-0.15, -0.1) is 0 Å². The predicted molar refractivity (Wildman–Crippen MR) is 72.6 cm³/mol. The highest BCUT2D eigenvalue weighted by atomic mass is 14.9. The minimum absolute atomic E-state index is 0.509. The van der Waals surface area contributed by atoms with Gasteiger partial charge in [-0.1, -0.05) is 34.6 Å². The van der Waals surface area contributed by atoms with E-state index < -0.39 is 0 Å². The van der Waals surface area contributed by atoms with Crippen molar-refractivity contribution in [3.8, 4) is 0 Å². The molecule has 0 amide bonds. The number of hydrogen-bond acceptors (Lipinski definition) is 1. The average molecular weight is 225 g/mol. The largest absolute Gasteiger partial charge is 0.311 e. The molecule has 1 heteroatoms. The Kier molecular flexibility index (Phi) is 4.85. The molecule has 0 aliphatic heterocycles. The summed E-state index contributed by atoms with van der Waals surface area (Å²) in [5.74, 6) is 1.68. The summed E-state index contributed by atoms with van der Waals surface area (Å²) in [6.07, 6.45) is 5.57. The van der Waals surface area contributed by atoms with Gasteiger partial charge in [-0.2, -0.15) is 0 Å². The quantitative estimate of drug-likeness (QED) is 0.758. The van der Waals surface area contributed by atoms with Crippen LogP contribution in [0.15, 0.2) is 0 Å². The summed E-state index contributed by atoms with van der Waals surface area (Å²) in [5, 5.41) is 3.79. The van der Waals surface area contributed by atoms with Crippen LogP contribution in [-0.2, 0) is 0 Å². The Balaban J connectivity index is 2.32. The van der Waals surface area contributed by atoms with Crippen molar-refractivity contribution in [2.45, 2.75) is 79.3 Å². The molecule has 1 aliphatic carbocycles. The number of rotatable bonds is 3. The third-order valence-corrected chi connectivity index (χ3v) is 4.45. The van der Waals surface area contributed by atoms with Gasteiger partial charge in [-0.3, -0.25) is 0 Å². The fourth-order valence-corrected chi connectivity index (χ4v) is 2.69. The zero-order valence-electron chi connectivity index (χ0n) is 12.1. The highest BCUT2D eigenvalue weighted by Gasteiger charge is 2.30. The Morgan fingerprint density at radius 2 is 1.44 bits per heavy atom. The van der Waals surface area contributed by atoms with Gasteiger partial charge in [-0.05, 0) is 49.9 Å². The Bertz CT molecular complexity index is 194. The van der Waals surface area contributed by atoms with Crippen LogP contribution in [-0.4, -0.2) is 12.1 Å². The van der Waals surface area contributed by atoms with Crippen LogP contribution in [0.3, 0.4) is 0 Å². The van der Waals surface area contributed by atoms with Gasteiger partial charge in [0.1, 0.15) is 0 Å².